The van der Waals surface area contributed by atoms with E-state index in [2.05, 4.69) is 15.3 Å². The highest BCUT2D eigenvalue weighted by Gasteiger charge is 2.21. The van der Waals surface area contributed by atoms with Crippen LogP contribution in [-0.4, -0.2) is 33.6 Å². The van der Waals surface area contributed by atoms with Crippen molar-refractivity contribution in [2.75, 3.05) is 6.61 Å². The smallest absolute Gasteiger partial charge is 0.257 e. The maximum Gasteiger partial charge on any atom is 0.257 e. The van der Waals surface area contributed by atoms with Crippen molar-refractivity contribution in [2.45, 2.75) is 26.3 Å². The normalized spacial score (nSPS) is 13.2. The number of aliphatic hydroxyl groups excluding tert-OH is 1. The summed E-state index contributed by atoms with van der Waals surface area (Å²) < 4.78 is 5.64. The summed E-state index contributed by atoms with van der Waals surface area (Å²) in [4.78, 5) is 20.6. The summed E-state index contributed by atoms with van der Waals surface area (Å²) >= 11 is 0. The first kappa shape index (κ1) is 16.9. The number of pyridine rings is 2. The van der Waals surface area contributed by atoms with Crippen LogP contribution >= 0.6 is 0 Å². The maximum absolute atomic E-state index is 12.5. The summed E-state index contributed by atoms with van der Waals surface area (Å²) in [6.07, 6.45) is 5.60. The lowest BCUT2D eigenvalue weighted by Gasteiger charge is -2.22. The molecule has 2 N–H and O–H groups in total. The number of rotatable bonds is 7. The molecule has 0 aromatic carbocycles. The minimum absolute atomic E-state index is 0.111. The second-order valence-electron chi connectivity index (χ2n) is 5.29. The number of hydrogen-bond acceptors (Lipinski definition) is 5. The molecular weight excluding hydrogens is 294 g/mol. The van der Waals surface area contributed by atoms with E-state index in [1.165, 1.54) is 0 Å². The first-order valence-electron chi connectivity index (χ1n) is 7.60. The van der Waals surface area contributed by atoms with E-state index >= 15 is 0 Å². The van der Waals surface area contributed by atoms with E-state index in [-0.39, 0.29) is 30.4 Å². The van der Waals surface area contributed by atoms with Gasteiger partial charge in [-0.25, -0.2) is 4.98 Å². The Hall–Kier alpha value is -2.47. The second-order valence-corrected chi connectivity index (χ2v) is 5.29. The zero-order valence-corrected chi connectivity index (χ0v) is 13.3. The fraction of sp³-hybridized carbons (Fsp3) is 0.353. The zero-order valence-electron chi connectivity index (χ0n) is 13.3. The van der Waals surface area contributed by atoms with Gasteiger partial charge in [-0.1, -0.05) is 20.3 Å². The molecule has 0 spiro atoms. The molecule has 0 saturated carbocycles. The van der Waals surface area contributed by atoms with Gasteiger partial charge in [-0.15, -0.1) is 0 Å². The van der Waals surface area contributed by atoms with Gasteiger partial charge in [0.05, 0.1) is 18.8 Å². The molecule has 0 aliphatic carbocycles. The molecule has 23 heavy (non-hydrogen) atoms. The van der Waals surface area contributed by atoms with Crippen LogP contribution in [0.5, 0.6) is 11.6 Å². The minimum Gasteiger partial charge on any atom is -0.437 e. The fourth-order valence-corrected chi connectivity index (χ4v) is 2.06. The summed E-state index contributed by atoms with van der Waals surface area (Å²) in [6.45, 7) is 3.89. The van der Waals surface area contributed by atoms with E-state index in [9.17, 15) is 9.90 Å². The number of nitrogens with zero attached hydrogens (tertiary/aromatic N) is 2. The molecule has 1 amide bonds. The van der Waals surface area contributed by atoms with Crippen LogP contribution in [0.4, 0.5) is 0 Å². The summed E-state index contributed by atoms with van der Waals surface area (Å²) in [5.74, 6) is 0.555. The maximum atomic E-state index is 12.5. The predicted molar refractivity (Wildman–Crippen MR) is 86.3 cm³/mol. The average Bonchev–Trinajstić information content (AvgIpc) is 2.60. The van der Waals surface area contributed by atoms with Crippen molar-refractivity contribution in [3.63, 3.8) is 0 Å². The van der Waals surface area contributed by atoms with Gasteiger partial charge in [0.15, 0.2) is 0 Å². The molecule has 2 heterocycles. The van der Waals surface area contributed by atoms with Crippen LogP contribution in [0.1, 0.15) is 30.6 Å². The highest BCUT2D eigenvalue weighted by molar-refractivity contribution is 5.96. The lowest BCUT2D eigenvalue weighted by atomic mass is 9.99. The Kier molecular flexibility index (Phi) is 6.05. The zero-order chi connectivity index (χ0) is 16.7. The highest BCUT2D eigenvalue weighted by Crippen LogP contribution is 2.22. The largest absolute Gasteiger partial charge is 0.437 e. The topological polar surface area (TPSA) is 84.3 Å². The molecule has 0 bridgehead atoms. The number of amides is 1. The Balaban J connectivity index is 2.17. The van der Waals surface area contributed by atoms with Crippen molar-refractivity contribution in [3.8, 4) is 11.6 Å². The first-order valence-corrected chi connectivity index (χ1v) is 7.60. The monoisotopic (exact) mass is 315 g/mol. The molecule has 2 aromatic heterocycles. The third-order valence-corrected chi connectivity index (χ3v) is 3.71. The van der Waals surface area contributed by atoms with E-state index in [0.29, 0.717) is 11.3 Å². The summed E-state index contributed by atoms with van der Waals surface area (Å²) in [5.41, 5.74) is 0.318. The third-order valence-electron chi connectivity index (χ3n) is 3.71. The van der Waals surface area contributed by atoms with Crippen molar-refractivity contribution in [2.24, 2.45) is 5.92 Å². The Morgan fingerprint density at radius 3 is 2.78 bits per heavy atom. The summed E-state index contributed by atoms with van der Waals surface area (Å²) in [7, 11) is 0. The van der Waals surface area contributed by atoms with Gasteiger partial charge >= 0.3 is 0 Å². The van der Waals surface area contributed by atoms with Crippen molar-refractivity contribution in [1.29, 1.82) is 0 Å². The SMILES string of the molecule is CCC(C)C(CO)NC(=O)c1cccnc1Oc1cccnc1. The molecule has 122 valence electrons. The van der Waals surface area contributed by atoms with Crippen LogP contribution in [0, 0.1) is 5.92 Å². The summed E-state index contributed by atoms with van der Waals surface area (Å²) in [5, 5.41) is 12.3. The number of carbonyl (C=O) groups excluding carboxylic acids is 1. The predicted octanol–water partition coefficient (Wildman–Crippen LogP) is 2.41. The molecule has 2 unspecified atom stereocenters. The van der Waals surface area contributed by atoms with Gasteiger partial charge in [-0.05, 0) is 30.2 Å². The Labute approximate surface area is 135 Å². The Morgan fingerprint density at radius 2 is 2.13 bits per heavy atom. The molecule has 0 aliphatic rings. The van der Waals surface area contributed by atoms with E-state index in [0.717, 1.165) is 6.42 Å². The van der Waals surface area contributed by atoms with Crippen molar-refractivity contribution in [3.05, 3.63) is 48.4 Å². The van der Waals surface area contributed by atoms with Crippen LogP contribution in [0.15, 0.2) is 42.9 Å². The molecule has 2 atom stereocenters. The van der Waals surface area contributed by atoms with Crippen molar-refractivity contribution >= 4 is 5.91 Å². The number of hydrogen-bond donors (Lipinski definition) is 2. The van der Waals surface area contributed by atoms with Gasteiger partial charge in [-0.2, -0.15) is 0 Å². The summed E-state index contributed by atoms with van der Waals surface area (Å²) in [6, 6.07) is 6.47. The average molecular weight is 315 g/mol. The molecule has 6 nitrogen and oxygen atoms in total. The minimum atomic E-state index is -0.323. The Bertz CT molecular complexity index is 634. The molecule has 0 saturated heterocycles. The van der Waals surface area contributed by atoms with Crippen LogP contribution in [0.3, 0.4) is 0 Å². The van der Waals surface area contributed by atoms with Gasteiger partial charge in [0.2, 0.25) is 5.88 Å². The Morgan fingerprint density at radius 1 is 1.35 bits per heavy atom. The quantitative estimate of drug-likeness (QED) is 0.819. The van der Waals surface area contributed by atoms with Gasteiger partial charge in [0.1, 0.15) is 11.3 Å². The van der Waals surface area contributed by atoms with Crippen molar-refractivity contribution < 1.29 is 14.6 Å². The van der Waals surface area contributed by atoms with Crippen LogP contribution in [0.2, 0.25) is 0 Å². The van der Waals surface area contributed by atoms with Crippen LogP contribution in [0.25, 0.3) is 0 Å². The molecule has 6 heteroatoms. The molecule has 0 fully saturated rings. The van der Waals surface area contributed by atoms with E-state index in [4.69, 9.17) is 4.74 Å². The molecule has 0 aliphatic heterocycles. The lowest BCUT2D eigenvalue weighted by molar-refractivity contribution is 0.0888. The van der Waals surface area contributed by atoms with E-state index < -0.39 is 0 Å². The molecule has 2 aromatic rings. The van der Waals surface area contributed by atoms with Crippen LogP contribution < -0.4 is 10.1 Å². The second kappa shape index (κ2) is 8.24. The van der Waals surface area contributed by atoms with Crippen LogP contribution in [-0.2, 0) is 0 Å². The highest BCUT2D eigenvalue weighted by atomic mass is 16.5. The number of aromatic nitrogens is 2. The standard InChI is InChI=1S/C17H21N3O3/c1-3-12(2)15(11-21)20-16(22)14-7-5-9-19-17(14)23-13-6-4-8-18-10-13/h4-10,12,15,21H,3,11H2,1-2H3,(H,20,22). The molecule has 2 rings (SSSR count). The fourth-order valence-electron chi connectivity index (χ4n) is 2.06. The van der Waals surface area contributed by atoms with Crippen molar-refractivity contribution in [1.82, 2.24) is 15.3 Å². The van der Waals surface area contributed by atoms with Gasteiger partial charge < -0.3 is 15.2 Å². The third kappa shape index (κ3) is 4.50. The number of nitrogens with one attached hydrogen (secondary N) is 1. The molecule has 0 radical (unpaired) electrons. The van der Waals surface area contributed by atoms with Gasteiger partial charge in [0, 0.05) is 12.4 Å². The molecular formula is C17H21N3O3. The number of carbonyl (C=O) groups is 1. The first-order chi connectivity index (χ1) is 11.2. The van der Waals surface area contributed by atoms with E-state index in [1.54, 1.807) is 42.9 Å². The van der Waals surface area contributed by atoms with Gasteiger partial charge in [0.25, 0.3) is 5.91 Å². The van der Waals surface area contributed by atoms with Gasteiger partial charge in [-0.3, -0.25) is 9.78 Å². The number of aliphatic hydroxyl groups is 1. The van der Waals surface area contributed by atoms with E-state index in [1.807, 2.05) is 13.8 Å². The lowest BCUT2D eigenvalue weighted by Crippen LogP contribution is -2.42. The number of ether oxygens (including phenoxy) is 1.